The number of anilines is 1. The number of amides is 1. The fourth-order valence-electron chi connectivity index (χ4n) is 1.21. The van der Waals surface area contributed by atoms with Gasteiger partial charge >= 0.3 is 18.1 Å². The lowest BCUT2D eigenvalue weighted by atomic mass is 10.1. The first kappa shape index (κ1) is 14.5. The zero-order valence-corrected chi connectivity index (χ0v) is 10.5. The van der Waals surface area contributed by atoms with E-state index in [0.717, 1.165) is 12.1 Å². The molecule has 1 rings (SSSR count). The lowest BCUT2D eigenvalue weighted by Crippen LogP contribution is -2.30. The highest BCUT2D eigenvalue weighted by atomic mass is 79.9. The van der Waals surface area contributed by atoms with Gasteiger partial charge in [-0.3, -0.25) is 4.79 Å². The van der Waals surface area contributed by atoms with Crippen LogP contribution in [-0.2, 0) is 4.79 Å². The van der Waals surface area contributed by atoms with Gasteiger partial charge in [0.2, 0.25) is 0 Å². The Hall–Kier alpha value is -1.57. The Morgan fingerprint density at radius 1 is 1.33 bits per heavy atom. The molecule has 0 fully saturated rings. The zero-order chi connectivity index (χ0) is 14.1. The van der Waals surface area contributed by atoms with Crippen LogP contribution < -0.4 is 5.32 Å². The summed E-state index contributed by atoms with van der Waals surface area (Å²) in [6, 6.07) is 2.21. The van der Waals surface area contributed by atoms with E-state index in [0.29, 0.717) is 0 Å². The van der Waals surface area contributed by atoms with Crippen LogP contribution in [0.2, 0.25) is 0 Å². The number of carbonyl (C=O) groups is 2. The average Bonchev–Trinajstić information content (AvgIpc) is 2.22. The maximum atomic E-state index is 12.1. The number of hydrogen-bond donors (Lipinski definition) is 2. The van der Waals surface area contributed by atoms with Gasteiger partial charge in [-0.25, -0.2) is 4.79 Å². The lowest BCUT2D eigenvalue weighted by Gasteiger charge is -2.12. The number of carboxylic acids is 1. The molecule has 0 radical (unpaired) electrons. The van der Waals surface area contributed by atoms with Gasteiger partial charge in [0.05, 0.1) is 11.3 Å². The molecule has 18 heavy (non-hydrogen) atoms. The smallest absolute Gasteiger partial charge is 0.471 e. The molecule has 0 bridgehead atoms. The number of aromatic carboxylic acids is 1. The summed E-state index contributed by atoms with van der Waals surface area (Å²) in [6.45, 7) is 1.41. The number of rotatable bonds is 2. The number of hydrogen-bond acceptors (Lipinski definition) is 2. The normalized spacial score (nSPS) is 11.2. The van der Waals surface area contributed by atoms with E-state index >= 15 is 0 Å². The highest BCUT2D eigenvalue weighted by molar-refractivity contribution is 9.10. The molecular formula is C10H7BrF3NO3. The molecule has 0 saturated carbocycles. The van der Waals surface area contributed by atoms with E-state index in [-0.39, 0.29) is 21.3 Å². The Morgan fingerprint density at radius 2 is 1.89 bits per heavy atom. The largest absolute Gasteiger partial charge is 0.478 e. The summed E-state index contributed by atoms with van der Waals surface area (Å²) >= 11 is 2.95. The zero-order valence-electron chi connectivity index (χ0n) is 8.93. The first-order valence-corrected chi connectivity index (χ1v) is 5.34. The standard InChI is InChI=1S/C10H7BrF3NO3/c1-4-5(8(16)17)2-3-6(7(4)11)15-9(18)10(12,13)14/h2-3H,1H3,(H,15,18)(H,16,17). The molecule has 0 unspecified atom stereocenters. The maximum absolute atomic E-state index is 12.1. The van der Waals surface area contributed by atoms with Crippen molar-refractivity contribution in [3.63, 3.8) is 0 Å². The van der Waals surface area contributed by atoms with Gasteiger partial charge < -0.3 is 10.4 Å². The van der Waals surface area contributed by atoms with E-state index in [1.165, 1.54) is 6.92 Å². The number of benzene rings is 1. The van der Waals surface area contributed by atoms with Crippen LogP contribution in [0.5, 0.6) is 0 Å². The van der Waals surface area contributed by atoms with E-state index in [4.69, 9.17) is 5.11 Å². The van der Waals surface area contributed by atoms with Crippen LogP contribution in [0, 0.1) is 6.92 Å². The third-order valence-electron chi connectivity index (χ3n) is 2.12. The first-order valence-electron chi connectivity index (χ1n) is 4.55. The Balaban J connectivity index is 3.11. The Morgan fingerprint density at radius 3 is 2.33 bits per heavy atom. The highest BCUT2D eigenvalue weighted by Crippen LogP contribution is 2.30. The molecule has 0 atom stereocenters. The molecule has 1 amide bonds. The van der Waals surface area contributed by atoms with Crippen molar-refractivity contribution in [3.8, 4) is 0 Å². The van der Waals surface area contributed by atoms with Crippen LogP contribution in [0.15, 0.2) is 16.6 Å². The molecule has 8 heteroatoms. The molecule has 0 spiro atoms. The summed E-state index contributed by atoms with van der Waals surface area (Å²) in [7, 11) is 0. The number of nitrogens with one attached hydrogen (secondary N) is 1. The SMILES string of the molecule is Cc1c(C(=O)O)ccc(NC(=O)C(F)(F)F)c1Br. The molecule has 1 aromatic rings. The molecule has 0 heterocycles. The summed E-state index contributed by atoms with van der Waals surface area (Å²) in [5, 5.41) is 10.5. The molecule has 0 aliphatic carbocycles. The van der Waals surface area contributed by atoms with Crippen molar-refractivity contribution in [2.45, 2.75) is 13.1 Å². The van der Waals surface area contributed by atoms with Crippen molar-refractivity contribution in [1.29, 1.82) is 0 Å². The first-order chi connectivity index (χ1) is 8.14. The van der Waals surface area contributed by atoms with E-state index < -0.39 is 18.1 Å². The van der Waals surface area contributed by atoms with E-state index in [1.54, 1.807) is 5.32 Å². The highest BCUT2D eigenvalue weighted by Gasteiger charge is 2.39. The summed E-state index contributed by atoms with van der Waals surface area (Å²) in [5.74, 6) is -3.33. The van der Waals surface area contributed by atoms with Gasteiger partial charge in [0.15, 0.2) is 0 Å². The number of carbonyl (C=O) groups excluding carboxylic acids is 1. The minimum Gasteiger partial charge on any atom is -0.478 e. The Kier molecular flexibility index (Phi) is 4.00. The van der Waals surface area contributed by atoms with E-state index in [2.05, 4.69) is 15.9 Å². The monoisotopic (exact) mass is 325 g/mol. The molecule has 2 N–H and O–H groups in total. The third-order valence-corrected chi connectivity index (χ3v) is 3.14. The number of halogens is 4. The van der Waals surface area contributed by atoms with Gasteiger partial charge in [0.1, 0.15) is 0 Å². The molecule has 0 aliphatic heterocycles. The molecular weight excluding hydrogens is 319 g/mol. The van der Waals surface area contributed by atoms with Gasteiger partial charge in [-0.1, -0.05) is 0 Å². The predicted molar refractivity (Wildman–Crippen MR) is 60.5 cm³/mol. The fourth-order valence-corrected chi connectivity index (χ4v) is 1.65. The predicted octanol–water partition coefficient (Wildman–Crippen LogP) is 2.96. The van der Waals surface area contributed by atoms with Gasteiger partial charge in [-0.2, -0.15) is 13.2 Å². The maximum Gasteiger partial charge on any atom is 0.471 e. The minimum atomic E-state index is -5.00. The minimum absolute atomic E-state index is 0.0631. The van der Waals surface area contributed by atoms with Crippen LogP contribution in [0.4, 0.5) is 18.9 Å². The van der Waals surface area contributed by atoms with Crippen molar-refractivity contribution in [1.82, 2.24) is 0 Å². The summed E-state index contributed by atoms with van der Waals surface area (Å²) in [6.07, 6.45) is -5.00. The van der Waals surface area contributed by atoms with Gasteiger partial charge in [0, 0.05) is 4.47 Å². The van der Waals surface area contributed by atoms with Gasteiger partial charge in [-0.05, 0) is 40.5 Å². The van der Waals surface area contributed by atoms with Gasteiger partial charge in [0.25, 0.3) is 0 Å². The molecule has 4 nitrogen and oxygen atoms in total. The average molecular weight is 326 g/mol. The van der Waals surface area contributed by atoms with Crippen LogP contribution in [-0.4, -0.2) is 23.2 Å². The Labute approximate surface area is 108 Å². The second-order valence-corrected chi connectivity index (χ2v) is 4.15. The molecule has 1 aromatic carbocycles. The van der Waals surface area contributed by atoms with Crippen molar-refractivity contribution in [2.24, 2.45) is 0 Å². The Bertz CT molecular complexity index is 514. The van der Waals surface area contributed by atoms with Crippen molar-refractivity contribution < 1.29 is 27.9 Å². The van der Waals surface area contributed by atoms with E-state index in [9.17, 15) is 22.8 Å². The van der Waals surface area contributed by atoms with Crippen LogP contribution in [0.25, 0.3) is 0 Å². The summed E-state index contributed by atoms with van der Waals surface area (Å²) in [5.41, 5.74) is 0.0224. The van der Waals surface area contributed by atoms with E-state index in [1.807, 2.05) is 0 Å². The molecule has 0 aliphatic rings. The molecule has 0 aromatic heterocycles. The third kappa shape index (κ3) is 3.00. The summed E-state index contributed by atoms with van der Waals surface area (Å²) < 4.78 is 36.3. The van der Waals surface area contributed by atoms with Crippen molar-refractivity contribution in [3.05, 3.63) is 27.7 Å². The second-order valence-electron chi connectivity index (χ2n) is 3.36. The van der Waals surface area contributed by atoms with Crippen molar-refractivity contribution in [2.75, 3.05) is 5.32 Å². The molecule has 0 saturated heterocycles. The lowest BCUT2D eigenvalue weighted by molar-refractivity contribution is -0.167. The fraction of sp³-hybridized carbons (Fsp3) is 0.200. The van der Waals surface area contributed by atoms with Crippen LogP contribution in [0.3, 0.4) is 0 Å². The van der Waals surface area contributed by atoms with Crippen LogP contribution >= 0.6 is 15.9 Å². The second kappa shape index (κ2) is 4.97. The van der Waals surface area contributed by atoms with Crippen LogP contribution in [0.1, 0.15) is 15.9 Å². The topological polar surface area (TPSA) is 66.4 Å². The number of carboxylic acid groups (broad SMARTS) is 1. The van der Waals surface area contributed by atoms with Gasteiger partial charge in [-0.15, -0.1) is 0 Å². The number of alkyl halides is 3. The quantitative estimate of drug-likeness (QED) is 0.878. The summed E-state index contributed by atoms with van der Waals surface area (Å²) in [4.78, 5) is 21.5. The van der Waals surface area contributed by atoms with Crippen molar-refractivity contribution >= 4 is 33.5 Å². The molecule has 98 valence electrons.